The van der Waals surface area contributed by atoms with Gasteiger partial charge >= 0.3 is 5.97 Å². The molecule has 1 aromatic heterocycles. The lowest BCUT2D eigenvalue weighted by molar-refractivity contribution is -0.137. The van der Waals surface area contributed by atoms with Crippen LogP contribution in [0.25, 0.3) is 0 Å². The number of carboxylic acid groups (broad SMARTS) is 1. The maximum Gasteiger partial charge on any atom is 0.303 e. The lowest BCUT2D eigenvalue weighted by atomic mass is 10.2. The lowest BCUT2D eigenvalue weighted by Gasteiger charge is -2.17. The van der Waals surface area contributed by atoms with Crippen molar-refractivity contribution in [1.29, 1.82) is 0 Å². The summed E-state index contributed by atoms with van der Waals surface area (Å²) in [4.78, 5) is 30.0. The van der Waals surface area contributed by atoms with Crippen molar-refractivity contribution in [2.75, 3.05) is 32.6 Å². The van der Waals surface area contributed by atoms with Crippen LogP contribution in [0, 0.1) is 0 Å². The smallest absolute Gasteiger partial charge is 0.303 e. The van der Waals surface area contributed by atoms with Gasteiger partial charge < -0.3 is 14.9 Å². The van der Waals surface area contributed by atoms with Crippen molar-refractivity contribution in [3.8, 4) is 0 Å². The van der Waals surface area contributed by atoms with Gasteiger partial charge in [0.05, 0.1) is 5.56 Å². The van der Waals surface area contributed by atoms with Crippen LogP contribution in [0.1, 0.15) is 23.2 Å². The first kappa shape index (κ1) is 14.9. The fourth-order valence-corrected chi connectivity index (χ4v) is 1.57. The third-order valence-corrected chi connectivity index (χ3v) is 2.68. The molecule has 0 saturated heterocycles. The van der Waals surface area contributed by atoms with E-state index in [1.54, 1.807) is 19.2 Å². The van der Waals surface area contributed by atoms with Crippen molar-refractivity contribution >= 4 is 17.7 Å². The number of anilines is 1. The van der Waals surface area contributed by atoms with Gasteiger partial charge in [0.1, 0.15) is 5.82 Å². The van der Waals surface area contributed by atoms with Gasteiger partial charge in [0.15, 0.2) is 0 Å². The van der Waals surface area contributed by atoms with E-state index in [-0.39, 0.29) is 12.3 Å². The van der Waals surface area contributed by atoms with Crippen LogP contribution in [0.5, 0.6) is 0 Å². The highest BCUT2D eigenvalue weighted by Gasteiger charge is 2.12. The summed E-state index contributed by atoms with van der Waals surface area (Å²) in [5, 5.41) is 8.55. The molecule has 104 valence electrons. The Bertz CT molecular complexity index is 443. The van der Waals surface area contributed by atoms with Crippen molar-refractivity contribution in [1.82, 2.24) is 9.88 Å². The second-order valence-corrected chi connectivity index (χ2v) is 4.52. The first-order valence-corrected chi connectivity index (χ1v) is 6.02. The number of aliphatic carboxylic acids is 1. The molecule has 1 N–H and O–H groups in total. The number of carbonyl (C=O) groups excluding carboxylic acids is 1. The van der Waals surface area contributed by atoms with E-state index >= 15 is 0 Å². The van der Waals surface area contributed by atoms with Crippen molar-refractivity contribution in [2.24, 2.45) is 0 Å². The summed E-state index contributed by atoms with van der Waals surface area (Å²) in [5.74, 6) is -0.217. The van der Waals surface area contributed by atoms with Gasteiger partial charge in [0.25, 0.3) is 5.91 Å². The van der Waals surface area contributed by atoms with Crippen LogP contribution in [-0.4, -0.2) is 54.6 Å². The third kappa shape index (κ3) is 4.57. The van der Waals surface area contributed by atoms with E-state index in [0.717, 1.165) is 5.82 Å². The summed E-state index contributed by atoms with van der Waals surface area (Å²) < 4.78 is 0. The molecule has 1 aromatic rings. The zero-order valence-electron chi connectivity index (χ0n) is 11.5. The van der Waals surface area contributed by atoms with E-state index in [4.69, 9.17) is 5.11 Å². The summed E-state index contributed by atoms with van der Waals surface area (Å²) >= 11 is 0. The fourth-order valence-electron chi connectivity index (χ4n) is 1.57. The number of pyridine rings is 1. The maximum atomic E-state index is 12.0. The standard InChI is InChI=1S/C13H19N3O3/c1-15(2)11-7-6-10(9-14-11)13(19)16(3)8-4-5-12(17)18/h6-7,9H,4-5,8H2,1-3H3,(H,17,18). The van der Waals surface area contributed by atoms with Crippen LogP contribution >= 0.6 is 0 Å². The minimum absolute atomic E-state index is 0.0649. The van der Waals surface area contributed by atoms with Gasteiger partial charge in [-0.25, -0.2) is 4.98 Å². The average molecular weight is 265 g/mol. The van der Waals surface area contributed by atoms with Crippen LogP contribution in [0.3, 0.4) is 0 Å². The van der Waals surface area contributed by atoms with E-state index in [2.05, 4.69) is 4.98 Å². The molecule has 0 atom stereocenters. The highest BCUT2D eigenvalue weighted by molar-refractivity contribution is 5.93. The molecule has 0 aliphatic carbocycles. The summed E-state index contributed by atoms with van der Waals surface area (Å²) in [7, 11) is 5.41. The monoisotopic (exact) mass is 265 g/mol. The molecule has 0 radical (unpaired) electrons. The van der Waals surface area contributed by atoms with Gasteiger partial charge in [-0.1, -0.05) is 0 Å². The van der Waals surface area contributed by atoms with Crippen LogP contribution in [-0.2, 0) is 4.79 Å². The van der Waals surface area contributed by atoms with Crippen molar-refractivity contribution in [3.05, 3.63) is 23.9 Å². The van der Waals surface area contributed by atoms with Crippen molar-refractivity contribution < 1.29 is 14.7 Å². The zero-order valence-corrected chi connectivity index (χ0v) is 11.5. The number of aromatic nitrogens is 1. The fraction of sp³-hybridized carbons (Fsp3) is 0.462. The lowest BCUT2D eigenvalue weighted by Crippen LogP contribution is -2.28. The second kappa shape index (κ2) is 6.72. The molecule has 0 aromatic carbocycles. The average Bonchev–Trinajstić information content (AvgIpc) is 2.37. The molecule has 0 unspecified atom stereocenters. The number of rotatable bonds is 6. The van der Waals surface area contributed by atoms with Crippen LogP contribution < -0.4 is 4.90 Å². The minimum Gasteiger partial charge on any atom is -0.481 e. The Labute approximate surface area is 112 Å². The van der Waals surface area contributed by atoms with Crippen molar-refractivity contribution in [3.63, 3.8) is 0 Å². The topological polar surface area (TPSA) is 73.7 Å². The van der Waals surface area contributed by atoms with E-state index in [0.29, 0.717) is 18.5 Å². The Kier molecular flexibility index (Phi) is 5.29. The molecule has 0 saturated carbocycles. The Morgan fingerprint density at radius 2 is 1.95 bits per heavy atom. The van der Waals surface area contributed by atoms with Gasteiger partial charge in [0.2, 0.25) is 0 Å². The molecule has 0 bridgehead atoms. The van der Waals surface area contributed by atoms with Gasteiger partial charge in [-0.3, -0.25) is 9.59 Å². The first-order chi connectivity index (χ1) is 8.91. The quantitative estimate of drug-likeness (QED) is 0.833. The highest BCUT2D eigenvalue weighted by atomic mass is 16.4. The number of nitrogens with zero attached hydrogens (tertiary/aromatic N) is 3. The molecule has 1 amide bonds. The molecule has 1 rings (SSSR count). The number of amides is 1. The largest absolute Gasteiger partial charge is 0.481 e. The summed E-state index contributed by atoms with van der Waals surface area (Å²) in [6, 6.07) is 3.50. The Balaban J connectivity index is 2.58. The molecule has 0 spiro atoms. The third-order valence-electron chi connectivity index (χ3n) is 2.68. The molecule has 0 fully saturated rings. The minimum atomic E-state index is -0.849. The molecule has 6 nitrogen and oxygen atoms in total. The predicted molar refractivity (Wildman–Crippen MR) is 72.4 cm³/mol. The van der Waals surface area contributed by atoms with E-state index in [9.17, 15) is 9.59 Å². The Morgan fingerprint density at radius 1 is 1.26 bits per heavy atom. The normalized spacial score (nSPS) is 10.1. The molecule has 0 aliphatic rings. The van der Waals surface area contributed by atoms with Crippen molar-refractivity contribution in [2.45, 2.75) is 12.8 Å². The van der Waals surface area contributed by atoms with Crippen LogP contribution in [0.15, 0.2) is 18.3 Å². The van der Waals surface area contributed by atoms with Gasteiger partial charge in [0, 0.05) is 40.3 Å². The van der Waals surface area contributed by atoms with E-state index in [1.165, 1.54) is 11.1 Å². The van der Waals surface area contributed by atoms with E-state index < -0.39 is 5.97 Å². The predicted octanol–water partition coefficient (Wildman–Crippen LogP) is 1.08. The zero-order chi connectivity index (χ0) is 14.4. The first-order valence-electron chi connectivity index (χ1n) is 6.02. The summed E-state index contributed by atoms with van der Waals surface area (Å²) in [5.41, 5.74) is 0.503. The maximum absolute atomic E-state index is 12.0. The summed E-state index contributed by atoms with van der Waals surface area (Å²) in [6.07, 6.45) is 2.04. The highest BCUT2D eigenvalue weighted by Crippen LogP contribution is 2.09. The number of hydrogen-bond acceptors (Lipinski definition) is 4. The van der Waals surface area contributed by atoms with Crippen LogP contribution in [0.4, 0.5) is 5.82 Å². The summed E-state index contributed by atoms with van der Waals surface area (Å²) in [6.45, 7) is 0.417. The number of carbonyl (C=O) groups is 2. The SMILES string of the molecule is CN(CCCC(=O)O)C(=O)c1ccc(N(C)C)nc1. The molecular weight excluding hydrogens is 246 g/mol. The molecular formula is C13H19N3O3. The van der Waals surface area contributed by atoms with Crippen LogP contribution in [0.2, 0.25) is 0 Å². The number of carboxylic acids is 1. The molecule has 0 aliphatic heterocycles. The second-order valence-electron chi connectivity index (χ2n) is 4.52. The number of hydrogen-bond donors (Lipinski definition) is 1. The molecule has 6 heteroatoms. The Morgan fingerprint density at radius 3 is 2.42 bits per heavy atom. The molecule has 1 heterocycles. The van der Waals surface area contributed by atoms with Gasteiger partial charge in [-0.15, -0.1) is 0 Å². The van der Waals surface area contributed by atoms with Gasteiger partial charge in [-0.2, -0.15) is 0 Å². The molecule has 19 heavy (non-hydrogen) atoms. The Hall–Kier alpha value is -2.11. The van der Waals surface area contributed by atoms with E-state index in [1.807, 2.05) is 19.0 Å². The van der Waals surface area contributed by atoms with Gasteiger partial charge in [-0.05, 0) is 18.6 Å².